The largest absolute Gasteiger partial charge is 0.390 e. The molecule has 0 aromatic heterocycles. The van der Waals surface area contributed by atoms with E-state index in [9.17, 15) is 15.3 Å². The first-order chi connectivity index (χ1) is 14.0. The van der Waals surface area contributed by atoms with Crippen molar-refractivity contribution in [2.75, 3.05) is 0 Å². The highest BCUT2D eigenvalue weighted by Crippen LogP contribution is 2.69. The summed E-state index contributed by atoms with van der Waals surface area (Å²) >= 11 is 0. The van der Waals surface area contributed by atoms with E-state index in [-0.39, 0.29) is 5.41 Å². The molecule has 4 aliphatic carbocycles. The molecule has 4 saturated carbocycles. The van der Waals surface area contributed by atoms with E-state index in [1.807, 2.05) is 0 Å². The Morgan fingerprint density at radius 2 is 1.57 bits per heavy atom. The molecule has 0 amide bonds. The van der Waals surface area contributed by atoms with Crippen LogP contribution >= 0.6 is 0 Å². The lowest BCUT2D eigenvalue weighted by Gasteiger charge is -2.65. The van der Waals surface area contributed by atoms with Gasteiger partial charge >= 0.3 is 0 Å². The zero-order valence-electron chi connectivity index (χ0n) is 20.2. The van der Waals surface area contributed by atoms with Gasteiger partial charge in [-0.15, -0.1) is 0 Å². The maximum absolute atomic E-state index is 11.6. The van der Waals surface area contributed by atoms with Crippen molar-refractivity contribution in [3.63, 3.8) is 0 Å². The number of hydrogen-bond acceptors (Lipinski definition) is 3. The molecule has 0 unspecified atom stereocenters. The minimum Gasteiger partial charge on any atom is -0.390 e. The highest BCUT2D eigenvalue weighted by atomic mass is 16.4. The van der Waals surface area contributed by atoms with Gasteiger partial charge in [-0.05, 0) is 92.3 Å². The van der Waals surface area contributed by atoms with Gasteiger partial charge in [0, 0.05) is 5.41 Å². The van der Waals surface area contributed by atoms with Crippen LogP contribution in [0.25, 0.3) is 0 Å². The first kappa shape index (κ1) is 23.1. The topological polar surface area (TPSA) is 60.7 Å². The summed E-state index contributed by atoms with van der Waals surface area (Å²) in [7, 11) is 0. The summed E-state index contributed by atoms with van der Waals surface area (Å²) in [5.41, 5.74) is -0.907. The molecule has 3 nitrogen and oxygen atoms in total. The summed E-state index contributed by atoms with van der Waals surface area (Å²) in [6.07, 6.45) is 10.7. The van der Waals surface area contributed by atoms with Gasteiger partial charge < -0.3 is 15.3 Å². The van der Waals surface area contributed by atoms with Crippen LogP contribution < -0.4 is 0 Å². The predicted octanol–water partition coefficient (Wildman–Crippen LogP) is 5.55. The third kappa shape index (κ3) is 3.32. The van der Waals surface area contributed by atoms with Gasteiger partial charge in [0.2, 0.25) is 0 Å². The lowest BCUT2D eigenvalue weighted by atomic mass is 9.42. The standard InChI is InChI=1S/C27H48O3/c1-17(2)7-6-8-18(3)20-9-10-21-19-11-16-27(30)24(29)23(28)13-15-26(27,5)22(19)12-14-25(20,21)4/h17-24,28-30H,6-16H2,1-5H3/t18-,19+,20-,21+,22+,23+,24-,25-,26-,27-/m1/s1. The predicted molar refractivity (Wildman–Crippen MR) is 122 cm³/mol. The quantitative estimate of drug-likeness (QED) is 0.546. The summed E-state index contributed by atoms with van der Waals surface area (Å²) in [5, 5.41) is 32.6. The molecule has 0 aromatic rings. The average molecular weight is 421 g/mol. The fourth-order valence-corrected chi connectivity index (χ4v) is 9.31. The highest BCUT2D eigenvalue weighted by molar-refractivity contribution is 5.16. The number of rotatable bonds is 5. The van der Waals surface area contributed by atoms with Crippen molar-refractivity contribution in [1.82, 2.24) is 0 Å². The van der Waals surface area contributed by atoms with E-state index >= 15 is 0 Å². The van der Waals surface area contributed by atoms with Crippen molar-refractivity contribution in [1.29, 1.82) is 0 Å². The Morgan fingerprint density at radius 1 is 0.833 bits per heavy atom. The van der Waals surface area contributed by atoms with Gasteiger partial charge in [-0.2, -0.15) is 0 Å². The third-order valence-electron chi connectivity index (χ3n) is 11.1. The molecule has 0 heterocycles. The first-order valence-electron chi connectivity index (χ1n) is 13.1. The van der Waals surface area contributed by atoms with Crippen LogP contribution in [0.1, 0.15) is 105 Å². The van der Waals surface area contributed by atoms with Crippen molar-refractivity contribution in [3.05, 3.63) is 0 Å². The van der Waals surface area contributed by atoms with Crippen LogP contribution in [-0.4, -0.2) is 33.1 Å². The van der Waals surface area contributed by atoms with E-state index in [0.717, 1.165) is 36.5 Å². The van der Waals surface area contributed by atoms with E-state index in [4.69, 9.17) is 0 Å². The monoisotopic (exact) mass is 420 g/mol. The number of aliphatic hydroxyl groups is 3. The van der Waals surface area contributed by atoms with Crippen molar-refractivity contribution in [3.8, 4) is 0 Å². The molecule has 4 aliphatic rings. The molecular formula is C27H48O3. The molecule has 0 bridgehead atoms. The van der Waals surface area contributed by atoms with Crippen LogP contribution in [0.5, 0.6) is 0 Å². The fraction of sp³-hybridized carbons (Fsp3) is 1.00. The number of aliphatic hydroxyl groups excluding tert-OH is 2. The van der Waals surface area contributed by atoms with E-state index in [1.165, 1.54) is 44.9 Å². The number of hydrogen-bond donors (Lipinski definition) is 3. The summed E-state index contributed by atoms with van der Waals surface area (Å²) in [4.78, 5) is 0. The van der Waals surface area contributed by atoms with Crippen molar-refractivity contribution < 1.29 is 15.3 Å². The van der Waals surface area contributed by atoms with Crippen molar-refractivity contribution in [2.24, 2.45) is 46.3 Å². The molecule has 0 aromatic carbocycles. The summed E-state index contributed by atoms with van der Waals surface area (Å²) in [5.74, 6) is 4.43. The van der Waals surface area contributed by atoms with E-state index in [2.05, 4.69) is 34.6 Å². The van der Waals surface area contributed by atoms with Gasteiger partial charge in [-0.1, -0.05) is 53.9 Å². The lowest BCUT2D eigenvalue weighted by molar-refractivity contribution is -0.267. The first-order valence-corrected chi connectivity index (χ1v) is 13.1. The highest BCUT2D eigenvalue weighted by Gasteiger charge is 2.67. The molecule has 10 atom stereocenters. The second-order valence-corrected chi connectivity index (χ2v) is 12.8. The third-order valence-corrected chi connectivity index (χ3v) is 11.1. The Kier molecular flexibility index (Phi) is 6.17. The average Bonchev–Trinajstić information content (AvgIpc) is 3.04. The van der Waals surface area contributed by atoms with Crippen LogP contribution in [0.15, 0.2) is 0 Å². The van der Waals surface area contributed by atoms with E-state index in [0.29, 0.717) is 30.1 Å². The molecule has 30 heavy (non-hydrogen) atoms. The minimum absolute atomic E-state index is 0.253. The maximum atomic E-state index is 11.6. The molecule has 0 radical (unpaired) electrons. The van der Waals surface area contributed by atoms with Gasteiger partial charge in [-0.3, -0.25) is 0 Å². The molecule has 0 saturated heterocycles. The van der Waals surface area contributed by atoms with Crippen molar-refractivity contribution >= 4 is 0 Å². The molecule has 4 rings (SSSR count). The van der Waals surface area contributed by atoms with Gasteiger partial charge in [0.05, 0.1) is 11.7 Å². The molecule has 3 heteroatoms. The van der Waals surface area contributed by atoms with Crippen LogP contribution in [-0.2, 0) is 0 Å². The van der Waals surface area contributed by atoms with Crippen molar-refractivity contribution in [2.45, 2.75) is 123 Å². The lowest BCUT2D eigenvalue weighted by Crippen LogP contribution is -2.69. The number of fused-ring (bicyclic) bond motifs is 5. The Balaban J connectivity index is 1.51. The van der Waals surface area contributed by atoms with Crippen LogP contribution in [0.3, 0.4) is 0 Å². The Morgan fingerprint density at radius 3 is 2.27 bits per heavy atom. The van der Waals surface area contributed by atoms with Crippen LogP contribution in [0.4, 0.5) is 0 Å². The smallest absolute Gasteiger partial charge is 0.109 e. The van der Waals surface area contributed by atoms with E-state index in [1.54, 1.807) is 0 Å². The van der Waals surface area contributed by atoms with Crippen LogP contribution in [0.2, 0.25) is 0 Å². The van der Waals surface area contributed by atoms with Crippen LogP contribution in [0, 0.1) is 46.3 Å². The van der Waals surface area contributed by atoms with E-state index < -0.39 is 17.8 Å². The zero-order chi connectivity index (χ0) is 21.9. The Labute approximate surface area is 185 Å². The SMILES string of the molecule is CC(C)CCC[C@@H](C)[C@H]1CC[C@H]2[C@@H]3CC[C@@]4(O)[C@H](O)[C@@H](O)CC[C@]4(C)[C@H]3CC[C@]12C. The Bertz CT molecular complexity index is 619. The molecule has 0 aliphatic heterocycles. The normalized spacial score (nSPS) is 51.9. The van der Waals surface area contributed by atoms with Gasteiger partial charge in [0.1, 0.15) is 6.10 Å². The zero-order valence-corrected chi connectivity index (χ0v) is 20.2. The second-order valence-electron chi connectivity index (χ2n) is 12.8. The minimum atomic E-state index is -1.11. The van der Waals surface area contributed by atoms with Gasteiger partial charge in [0.25, 0.3) is 0 Å². The molecule has 3 N–H and O–H groups in total. The fourth-order valence-electron chi connectivity index (χ4n) is 9.31. The van der Waals surface area contributed by atoms with Gasteiger partial charge in [0.15, 0.2) is 0 Å². The maximum Gasteiger partial charge on any atom is 0.109 e. The summed E-state index contributed by atoms with van der Waals surface area (Å²) < 4.78 is 0. The molecular weight excluding hydrogens is 372 g/mol. The summed E-state index contributed by atoms with van der Waals surface area (Å²) in [6, 6.07) is 0. The Hall–Kier alpha value is -0.120. The molecule has 0 spiro atoms. The summed E-state index contributed by atoms with van der Waals surface area (Å²) in [6.45, 7) is 12.0. The molecule has 174 valence electrons. The van der Waals surface area contributed by atoms with Gasteiger partial charge in [-0.25, -0.2) is 0 Å². The molecule has 4 fully saturated rings. The second kappa shape index (κ2) is 8.03.